The topological polar surface area (TPSA) is 88.6 Å². The third kappa shape index (κ3) is 4.61. The van der Waals surface area contributed by atoms with Gasteiger partial charge in [0.05, 0.1) is 16.8 Å². The van der Waals surface area contributed by atoms with Gasteiger partial charge in [0.25, 0.3) is 5.91 Å². The first-order valence-electron chi connectivity index (χ1n) is 10.4. The van der Waals surface area contributed by atoms with Crippen molar-refractivity contribution in [1.29, 1.82) is 0 Å². The van der Waals surface area contributed by atoms with Crippen molar-refractivity contribution in [2.24, 2.45) is 0 Å². The maximum atomic E-state index is 12.7. The number of nitrogens with zero attached hydrogens (tertiary/aromatic N) is 2. The summed E-state index contributed by atoms with van der Waals surface area (Å²) >= 11 is 1.37. The van der Waals surface area contributed by atoms with Gasteiger partial charge in [-0.2, -0.15) is 0 Å². The van der Waals surface area contributed by atoms with Crippen molar-refractivity contribution in [2.75, 3.05) is 5.32 Å². The predicted octanol–water partition coefficient (Wildman–Crippen LogP) is 4.99. The van der Waals surface area contributed by atoms with Crippen LogP contribution in [0.4, 0.5) is 5.13 Å². The molecule has 1 aliphatic heterocycles. The number of hydrogen-bond donors (Lipinski definition) is 1. The molecule has 0 aliphatic carbocycles. The Bertz CT molecular complexity index is 1330. The van der Waals surface area contributed by atoms with E-state index in [2.05, 4.69) is 10.3 Å². The predicted molar refractivity (Wildman–Crippen MR) is 125 cm³/mol. The molecule has 5 rings (SSSR count). The van der Waals surface area contributed by atoms with E-state index >= 15 is 0 Å². The number of para-hydroxylation sites is 1. The van der Waals surface area contributed by atoms with E-state index in [-0.39, 0.29) is 37.1 Å². The van der Waals surface area contributed by atoms with Gasteiger partial charge < -0.3 is 4.74 Å². The minimum Gasteiger partial charge on any atom is -0.457 e. The molecule has 3 aromatic carbocycles. The number of fused-ring (bicyclic) bond motifs is 1. The van der Waals surface area contributed by atoms with Crippen LogP contribution in [0.25, 0.3) is 10.2 Å². The van der Waals surface area contributed by atoms with Crippen LogP contribution in [0.15, 0.2) is 72.8 Å². The zero-order valence-electron chi connectivity index (χ0n) is 17.5. The molecule has 2 heterocycles. The summed E-state index contributed by atoms with van der Waals surface area (Å²) in [4.78, 5) is 42.0. The molecular formula is C25H19N3O4S. The Balaban J connectivity index is 1.25. The van der Waals surface area contributed by atoms with Gasteiger partial charge in [0.1, 0.15) is 11.5 Å². The van der Waals surface area contributed by atoms with Gasteiger partial charge in [-0.1, -0.05) is 41.7 Å². The minimum atomic E-state index is -0.283. The zero-order valence-corrected chi connectivity index (χ0v) is 18.3. The molecule has 0 spiro atoms. The molecule has 0 saturated carbocycles. The fourth-order valence-corrected chi connectivity index (χ4v) is 4.45. The summed E-state index contributed by atoms with van der Waals surface area (Å²) in [6.45, 7) is 0.227. The van der Waals surface area contributed by atoms with Crippen molar-refractivity contribution < 1.29 is 19.1 Å². The molecule has 1 N–H and O–H groups in total. The molecule has 1 saturated heterocycles. The molecule has 0 unspecified atom stereocenters. The Hall–Kier alpha value is -4.04. The summed E-state index contributed by atoms with van der Waals surface area (Å²) in [5, 5.41) is 3.32. The molecular weight excluding hydrogens is 438 g/mol. The van der Waals surface area contributed by atoms with Crippen molar-refractivity contribution in [3.8, 4) is 11.5 Å². The van der Waals surface area contributed by atoms with Crippen molar-refractivity contribution >= 4 is 44.4 Å². The van der Waals surface area contributed by atoms with Gasteiger partial charge >= 0.3 is 0 Å². The second-order valence-corrected chi connectivity index (χ2v) is 8.62. The summed E-state index contributed by atoms with van der Waals surface area (Å²) in [6, 6.07) is 22.0. The number of amides is 3. The lowest BCUT2D eigenvalue weighted by Gasteiger charge is -2.13. The van der Waals surface area contributed by atoms with Crippen LogP contribution in [0, 0.1) is 0 Å². The fraction of sp³-hybridized carbons (Fsp3) is 0.120. The van der Waals surface area contributed by atoms with Crippen LogP contribution in [0.5, 0.6) is 11.5 Å². The second-order valence-electron chi connectivity index (χ2n) is 7.59. The van der Waals surface area contributed by atoms with Crippen molar-refractivity contribution in [2.45, 2.75) is 19.4 Å². The van der Waals surface area contributed by atoms with Gasteiger partial charge in [0, 0.05) is 24.5 Å². The molecule has 1 aliphatic rings. The summed E-state index contributed by atoms with van der Waals surface area (Å²) in [5.74, 6) is 0.845. The first kappa shape index (κ1) is 20.8. The van der Waals surface area contributed by atoms with E-state index in [1.54, 1.807) is 24.3 Å². The third-order valence-corrected chi connectivity index (χ3v) is 6.20. The van der Waals surface area contributed by atoms with Crippen LogP contribution < -0.4 is 10.1 Å². The monoisotopic (exact) mass is 457 g/mol. The molecule has 4 aromatic rings. The van der Waals surface area contributed by atoms with Gasteiger partial charge in [-0.05, 0) is 42.0 Å². The standard InChI is InChI=1S/C25H19N3O4S/c29-22-12-13-23(30)28(22)15-16-6-8-17(9-7-16)24(31)27-25-26-20-11-10-19(14-21(20)33-25)32-18-4-2-1-3-5-18/h1-11,14H,12-13,15H2,(H,26,27,31). The molecule has 0 bridgehead atoms. The number of benzene rings is 3. The molecule has 0 atom stereocenters. The molecule has 164 valence electrons. The van der Waals surface area contributed by atoms with Gasteiger partial charge in [-0.3, -0.25) is 24.6 Å². The number of likely N-dealkylation sites (tertiary alicyclic amines) is 1. The Kier molecular flexibility index (Phi) is 5.58. The number of carbonyl (C=O) groups excluding carboxylic acids is 3. The molecule has 7 nitrogen and oxygen atoms in total. The number of nitrogens with one attached hydrogen (secondary N) is 1. The van der Waals surface area contributed by atoms with Gasteiger partial charge in [0.2, 0.25) is 11.8 Å². The number of anilines is 1. The number of rotatable bonds is 6. The maximum Gasteiger partial charge on any atom is 0.257 e. The summed E-state index contributed by atoms with van der Waals surface area (Å²) in [6.07, 6.45) is 0.530. The largest absolute Gasteiger partial charge is 0.457 e. The average molecular weight is 458 g/mol. The van der Waals surface area contributed by atoms with E-state index in [1.165, 1.54) is 16.2 Å². The van der Waals surface area contributed by atoms with Crippen LogP contribution in [0.1, 0.15) is 28.8 Å². The highest BCUT2D eigenvalue weighted by Crippen LogP contribution is 2.31. The van der Waals surface area contributed by atoms with Crippen LogP contribution in [0.2, 0.25) is 0 Å². The highest BCUT2D eigenvalue weighted by Gasteiger charge is 2.28. The average Bonchev–Trinajstić information content (AvgIpc) is 3.37. The molecule has 3 amide bonds. The number of thiazole rings is 1. The summed E-state index contributed by atoms with van der Waals surface area (Å²) in [5.41, 5.74) is 2.03. The Morgan fingerprint density at radius 3 is 2.39 bits per heavy atom. The molecule has 1 fully saturated rings. The van der Waals surface area contributed by atoms with Crippen LogP contribution in [-0.2, 0) is 16.1 Å². The number of imide groups is 1. The first-order valence-corrected chi connectivity index (χ1v) is 11.2. The Morgan fingerprint density at radius 1 is 0.939 bits per heavy atom. The first-order chi connectivity index (χ1) is 16.0. The quantitative estimate of drug-likeness (QED) is 0.412. The highest BCUT2D eigenvalue weighted by molar-refractivity contribution is 7.22. The number of ether oxygens (including phenoxy) is 1. The smallest absolute Gasteiger partial charge is 0.257 e. The van der Waals surface area contributed by atoms with E-state index in [0.29, 0.717) is 16.4 Å². The summed E-state index contributed by atoms with van der Waals surface area (Å²) < 4.78 is 6.76. The van der Waals surface area contributed by atoms with Crippen LogP contribution in [-0.4, -0.2) is 27.6 Å². The lowest BCUT2D eigenvalue weighted by atomic mass is 10.1. The van der Waals surface area contributed by atoms with Crippen molar-refractivity contribution in [3.05, 3.63) is 83.9 Å². The lowest BCUT2D eigenvalue weighted by Crippen LogP contribution is -2.28. The highest BCUT2D eigenvalue weighted by atomic mass is 32.1. The fourth-order valence-electron chi connectivity index (χ4n) is 3.56. The molecule has 33 heavy (non-hydrogen) atoms. The number of aromatic nitrogens is 1. The Labute approximate surface area is 193 Å². The van der Waals surface area contributed by atoms with E-state index < -0.39 is 0 Å². The second kappa shape index (κ2) is 8.84. The van der Waals surface area contributed by atoms with Gasteiger partial charge in [0.15, 0.2) is 5.13 Å². The van der Waals surface area contributed by atoms with Gasteiger partial charge in [-0.15, -0.1) is 0 Å². The van der Waals surface area contributed by atoms with Crippen LogP contribution in [0.3, 0.4) is 0 Å². The van der Waals surface area contributed by atoms with Crippen molar-refractivity contribution in [3.63, 3.8) is 0 Å². The van der Waals surface area contributed by atoms with Gasteiger partial charge in [-0.25, -0.2) is 4.98 Å². The molecule has 1 aromatic heterocycles. The van der Waals surface area contributed by atoms with Crippen molar-refractivity contribution in [1.82, 2.24) is 9.88 Å². The third-order valence-electron chi connectivity index (χ3n) is 5.27. The van der Waals surface area contributed by atoms with E-state index in [4.69, 9.17) is 4.74 Å². The SMILES string of the molecule is O=C(Nc1nc2ccc(Oc3ccccc3)cc2s1)c1ccc(CN2C(=O)CCC2=O)cc1. The minimum absolute atomic E-state index is 0.157. The zero-order chi connectivity index (χ0) is 22.8. The number of carbonyl (C=O) groups is 3. The molecule has 8 heteroatoms. The summed E-state index contributed by atoms with van der Waals surface area (Å²) in [7, 11) is 0. The van der Waals surface area contributed by atoms with E-state index in [9.17, 15) is 14.4 Å². The normalized spacial score (nSPS) is 13.5. The molecule has 0 radical (unpaired) electrons. The van der Waals surface area contributed by atoms with E-state index in [1.807, 2.05) is 48.5 Å². The number of hydrogen-bond acceptors (Lipinski definition) is 6. The van der Waals surface area contributed by atoms with Crippen LogP contribution >= 0.6 is 11.3 Å². The maximum absolute atomic E-state index is 12.7. The lowest BCUT2D eigenvalue weighted by molar-refractivity contribution is -0.139. The van der Waals surface area contributed by atoms with E-state index in [0.717, 1.165) is 21.5 Å². The Morgan fingerprint density at radius 2 is 1.67 bits per heavy atom.